The highest BCUT2D eigenvalue weighted by atomic mass is 32.1. The minimum absolute atomic E-state index is 0.445. The number of thiol groups is 2. The first-order chi connectivity index (χ1) is 8.07. The van der Waals surface area contributed by atoms with Crippen molar-refractivity contribution in [2.24, 2.45) is 11.8 Å². The normalized spacial score (nSPS) is 34.4. The van der Waals surface area contributed by atoms with Gasteiger partial charge in [-0.05, 0) is 6.42 Å². The third-order valence-electron chi connectivity index (χ3n) is 2.72. The molecule has 18 heavy (non-hydrogen) atoms. The molecule has 5 nitrogen and oxygen atoms in total. The first-order valence-electron chi connectivity index (χ1n) is 4.74. The molecule has 0 saturated carbocycles. The van der Waals surface area contributed by atoms with Crippen LogP contribution in [-0.4, -0.2) is 44.1 Å². The zero-order valence-corrected chi connectivity index (χ0v) is 10.5. The molecule has 0 aliphatic carbocycles. The van der Waals surface area contributed by atoms with E-state index in [9.17, 15) is 33.0 Å². The van der Waals surface area contributed by atoms with Crippen molar-refractivity contribution in [2.45, 2.75) is 25.2 Å². The number of aliphatic hydroxyl groups excluding tert-OH is 2. The molecule has 1 fully saturated rings. The van der Waals surface area contributed by atoms with Crippen LogP contribution in [-0.2, 0) is 9.59 Å². The van der Waals surface area contributed by atoms with Gasteiger partial charge in [0.15, 0.2) is 10.2 Å². The van der Waals surface area contributed by atoms with E-state index in [0.717, 1.165) is 0 Å². The quantitative estimate of drug-likeness (QED) is 0.426. The highest BCUT2D eigenvalue weighted by Crippen LogP contribution is 2.39. The van der Waals surface area contributed by atoms with E-state index >= 15 is 0 Å². The second-order valence-electron chi connectivity index (χ2n) is 3.83. The van der Waals surface area contributed by atoms with E-state index in [4.69, 9.17) is 0 Å². The highest BCUT2D eigenvalue weighted by molar-refractivity contribution is 7.96. The molecule has 0 aromatic carbocycles. The lowest BCUT2D eigenvalue weighted by Crippen LogP contribution is -2.62. The van der Waals surface area contributed by atoms with Crippen molar-refractivity contribution >= 4 is 35.5 Å². The summed E-state index contributed by atoms with van der Waals surface area (Å²) in [6.07, 6.45) is -10.1. The molecule has 4 atom stereocenters. The first kappa shape index (κ1) is 15.8. The fraction of sp³-hybridized carbons (Fsp3) is 0.750. The van der Waals surface area contributed by atoms with Gasteiger partial charge in [0.25, 0.3) is 0 Å². The van der Waals surface area contributed by atoms with Gasteiger partial charge in [-0.3, -0.25) is 9.59 Å². The molecule has 1 aliphatic rings. The highest BCUT2D eigenvalue weighted by Gasteiger charge is 2.55. The van der Waals surface area contributed by atoms with E-state index in [-0.39, 0.29) is 0 Å². The molecule has 0 amide bonds. The van der Waals surface area contributed by atoms with Gasteiger partial charge < -0.3 is 10.2 Å². The predicted molar refractivity (Wildman–Crippen MR) is 59.5 cm³/mol. The van der Waals surface area contributed by atoms with Gasteiger partial charge in [0, 0.05) is 0 Å². The molecule has 0 spiro atoms. The molecule has 1 aliphatic heterocycles. The number of halogens is 3. The zero-order chi connectivity index (χ0) is 14.2. The maximum absolute atomic E-state index is 12.6. The molecule has 2 N–H and O–H groups in total. The molecule has 0 radical (unpaired) electrons. The van der Waals surface area contributed by atoms with Crippen LogP contribution in [0, 0.1) is 11.8 Å². The van der Waals surface area contributed by atoms with Crippen LogP contribution in [0.5, 0.6) is 0 Å². The van der Waals surface area contributed by atoms with E-state index in [1.165, 1.54) is 0 Å². The summed E-state index contributed by atoms with van der Waals surface area (Å²) in [7, 11) is 0. The van der Waals surface area contributed by atoms with Gasteiger partial charge in [-0.25, -0.2) is 0 Å². The van der Waals surface area contributed by atoms with Crippen LogP contribution in [0.3, 0.4) is 0 Å². The van der Waals surface area contributed by atoms with E-state index in [1.807, 2.05) is 0 Å². The van der Waals surface area contributed by atoms with E-state index < -0.39 is 52.1 Å². The van der Waals surface area contributed by atoms with Gasteiger partial charge in [-0.2, -0.15) is 18.1 Å². The monoisotopic (exact) mass is 305 g/mol. The summed E-state index contributed by atoms with van der Waals surface area (Å²) in [4.78, 5) is 21.5. The van der Waals surface area contributed by atoms with E-state index in [1.54, 1.807) is 0 Å². The van der Waals surface area contributed by atoms with Gasteiger partial charge in [0.1, 0.15) is 12.5 Å². The van der Waals surface area contributed by atoms with Crippen molar-refractivity contribution in [2.75, 3.05) is 0 Å². The number of carbonyl (C=O) groups is 2. The lowest BCUT2D eigenvalue weighted by molar-refractivity contribution is -0.343. The minimum atomic E-state index is -5.10. The first-order valence-corrected chi connectivity index (χ1v) is 5.63. The number of piperidine rings is 1. The molecule has 10 heteroatoms. The van der Waals surface area contributed by atoms with E-state index in [2.05, 4.69) is 25.3 Å². The molecule has 0 aromatic heterocycles. The third-order valence-corrected chi connectivity index (χ3v) is 3.39. The number of hydrogen-bond donors (Lipinski definition) is 4. The maximum atomic E-state index is 12.6. The predicted octanol–water partition coefficient (Wildman–Crippen LogP) is -0.00610. The van der Waals surface area contributed by atoms with Crippen LogP contribution < -0.4 is 0 Å². The molecular weight excluding hydrogens is 295 g/mol. The summed E-state index contributed by atoms with van der Waals surface area (Å²) in [6.45, 7) is 0. The zero-order valence-electron chi connectivity index (χ0n) is 8.70. The van der Waals surface area contributed by atoms with Crippen molar-refractivity contribution in [1.82, 2.24) is 4.90 Å². The summed E-state index contributed by atoms with van der Waals surface area (Å²) < 4.78 is 37.9. The number of likely N-dealkylation sites (tertiary alicyclic amines) is 1. The Kier molecular flexibility index (Phi) is 4.70. The number of nitrogens with zero attached hydrogens (tertiary/aromatic N) is 1. The fourth-order valence-electron chi connectivity index (χ4n) is 1.82. The van der Waals surface area contributed by atoms with E-state index in [0.29, 0.717) is 0 Å². The topological polar surface area (TPSA) is 77.8 Å². The number of aliphatic hydroxyl groups is 2. The largest absolute Gasteiger partial charge is 0.464 e. The Morgan fingerprint density at radius 2 is 1.39 bits per heavy atom. The Labute approximate surface area is 111 Å². The third kappa shape index (κ3) is 2.99. The second kappa shape index (κ2) is 5.37. The van der Waals surface area contributed by atoms with Gasteiger partial charge in [0.2, 0.25) is 0 Å². The van der Waals surface area contributed by atoms with Crippen LogP contribution in [0.15, 0.2) is 0 Å². The number of carbonyl (C=O) groups excluding carboxylic acids is 2. The molecule has 0 bridgehead atoms. The molecule has 1 rings (SSSR count). The smallest absolute Gasteiger partial charge is 0.377 e. The van der Waals surface area contributed by atoms with Crippen LogP contribution in [0.1, 0.15) is 6.42 Å². The standard InChI is InChI=1S/C8H10F3NO4S2/c9-8(10,11)12-4(13)2(6(15)17)1-3(5(12)14)7(16)18/h2-5,13-14H,1H2,(H,15,17)(H,16,18). The van der Waals surface area contributed by atoms with Gasteiger partial charge in [-0.15, -0.1) is 25.3 Å². The van der Waals surface area contributed by atoms with Gasteiger partial charge in [-0.1, -0.05) is 0 Å². The number of rotatable bonds is 2. The average Bonchev–Trinajstić information content (AvgIpc) is 2.13. The van der Waals surface area contributed by atoms with Crippen LogP contribution in [0.25, 0.3) is 0 Å². The van der Waals surface area contributed by atoms with Crippen LogP contribution >= 0.6 is 25.3 Å². The van der Waals surface area contributed by atoms with Crippen LogP contribution in [0.2, 0.25) is 0 Å². The Bertz CT molecular complexity index is 339. The SMILES string of the molecule is O=C(S)C1CC(C(=O)S)C(O)N(C(F)(F)F)C1O. The molecular formula is C8H10F3NO4S2. The maximum Gasteiger partial charge on any atom is 0.464 e. The molecule has 1 heterocycles. The van der Waals surface area contributed by atoms with Crippen molar-refractivity contribution in [3.8, 4) is 0 Å². The lowest BCUT2D eigenvalue weighted by atomic mass is 9.87. The second-order valence-corrected chi connectivity index (χ2v) is 4.71. The fourth-order valence-corrected chi connectivity index (χ4v) is 2.30. The minimum Gasteiger partial charge on any atom is -0.377 e. The van der Waals surface area contributed by atoms with Gasteiger partial charge >= 0.3 is 6.30 Å². The Balaban J connectivity index is 3.13. The molecule has 0 aromatic rings. The summed E-state index contributed by atoms with van der Waals surface area (Å²) in [5.74, 6) is -3.06. The Morgan fingerprint density at radius 1 is 1.06 bits per heavy atom. The summed E-state index contributed by atoms with van der Waals surface area (Å²) in [6, 6.07) is 0. The number of alkyl halides is 3. The molecule has 104 valence electrons. The summed E-state index contributed by atoms with van der Waals surface area (Å²) in [5, 5.41) is 16.9. The van der Waals surface area contributed by atoms with Crippen LogP contribution in [0.4, 0.5) is 13.2 Å². The Hall–Kier alpha value is -0.290. The Morgan fingerprint density at radius 3 is 1.61 bits per heavy atom. The van der Waals surface area contributed by atoms with Crippen molar-refractivity contribution in [3.63, 3.8) is 0 Å². The van der Waals surface area contributed by atoms with Crippen molar-refractivity contribution in [3.05, 3.63) is 0 Å². The van der Waals surface area contributed by atoms with Gasteiger partial charge in [0.05, 0.1) is 11.8 Å². The average molecular weight is 305 g/mol. The van der Waals surface area contributed by atoms with Crippen molar-refractivity contribution in [1.29, 1.82) is 0 Å². The molecule has 1 saturated heterocycles. The number of hydrogen-bond acceptors (Lipinski definition) is 5. The summed E-state index contributed by atoms with van der Waals surface area (Å²) in [5.41, 5.74) is 0. The summed E-state index contributed by atoms with van der Waals surface area (Å²) >= 11 is 6.73. The van der Waals surface area contributed by atoms with Crippen molar-refractivity contribution < 1.29 is 33.0 Å². The molecule has 4 unspecified atom stereocenters. The lowest BCUT2D eigenvalue weighted by Gasteiger charge is -2.43.